The van der Waals surface area contributed by atoms with E-state index in [1.54, 1.807) is 18.4 Å². The van der Waals surface area contributed by atoms with Crippen LogP contribution in [0.25, 0.3) is 0 Å². The van der Waals surface area contributed by atoms with Crippen LogP contribution >= 0.6 is 23.4 Å². The summed E-state index contributed by atoms with van der Waals surface area (Å²) in [7, 11) is 0. The maximum atomic E-state index is 12.0. The summed E-state index contributed by atoms with van der Waals surface area (Å²) >= 11 is 7.28. The van der Waals surface area contributed by atoms with E-state index in [1.165, 1.54) is 24.4 Å². The van der Waals surface area contributed by atoms with Crippen LogP contribution in [0.5, 0.6) is 0 Å². The second-order valence-corrected chi connectivity index (χ2v) is 6.12. The first-order valence-electron chi connectivity index (χ1n) is 6.55. The summed E-state index contributed by atoms with van der Waals surface area (Å²) in [5.74, 6) is -1.45. The van der Waals surface area contributed by atoms with Crippen molar-refractivity contribution in [1.82, 2.24) is 15.2 Å². The first-order valence-corrected chi connectivity index (χ1v) is 7.74. The number of rotatable bonds is 6. The zero-order valence-electron chi connectivity index (χ0n) is 11.7. The average Bonchev–Trinajstić information content (AvgIpc) is 3.21. The molecular weight excluding hydrogens is 338 g/mol. The summed E-state index contributed by atoms with van der Waals surface area (Å²) < 4.78 is 5.17. The number of benzene rings is 1. The van der Waals surface area contributed by atoms with Crippen LogP contribution in [0.15, 0.2) is 57.3 Å². The van der Waals surface area contributed by atoms with Gasteiger partial charge in [-0.25, -0.2) is 4.98 Å². The van der Waals surface area contributed by atoms with Crippen molar-refractivity contribution >= 4 is 34.9 Å². The van der Waals surface area contributed by atoms with Crippen molar-refractivity contribution in [3.05, 3.63) is 59.5 Å². The van der Waals surface area contributed by atoms with E-state index >= 15 is 0 Å². The molecule has 0 amide bonds. The molecule has 1 aromatic carbocycles. The Labute approximate surface area is 140 Å². The van der Waals surface area contributed by atoms with Crippen molar-refractivity contribution in [1.29, 1.82) is 0 Å². The second-order valence-electron chi connectivity index (χ2n) is 4.57. The number of carbonyl (C=O) groups is 2. The quantitative estimate of drug-likeness (QED) is 0.544. The number of Topliss-reactive ketones (excluding diaryl/α,β-unsaturated/α-hetero) is 2. The van der Waals surface area contributed by atoms with E-state index < -0.39 is 11.6 Å². The number of hydrogen-bond donors (Lipinski definition) is 1. The Morgan fingerprint density at radius 2 is 2.00 bits per heavy atom. The van der Waals surface area contributed by atoms with Crippen molar-refractivity contribution in [2.75, 3.05) is 0 Å². The molecule has 3 rings (SSSR count). The van der Waals surface area contributed by atoms with Gasteiger partial charge in [0, 0.05) is 21.9 Å². The molecule has 0 aliphatic rings. The van der Waals surface area contributed by atoms with Crippen LogP contribution in [0, 0.1) is 0 Å². The van der Waals surface area contributed by atoms with E-state index in [2.05, 4.69) is 15.2 Å². The van der Waals surface area contributed by atoms with Crippen LogP contribution in [0.4, 0.5) is 0 Å². The summed E-state index contributed by atoms with van der Waals surface area (Å²) in [6, 6.07) is 7.29. The lowest BCUT2D eigenvalue weighted by molar-refractivity contribution is -0.114. The first-order chi connectivity index (χ1) is 11.1. The first kappa shape index (κ1) is 15.5. The van der Waals surface area contributed by atoms with Gasteiger partial charge in [-0.05, 0) is 24.3 Å². The number of nitrogens with one attached hydrogen (secondary N) is 1. The number of carbonyl (C=O) groups excluding carboxylic acids is 2. The maximum Gasteiger partial charge on any atom is 0.267 e. The molecule has 2 aromatic heterocycles. The van der Waals surface area contributed by atoms with Gasteiger partial charge in [0.15, 0.2) is 0 Å². The van der Waals surface area contributed by atoms with Gasteiger partial charge in [0.2, 0.25) is 11.6 Å². The number of H-pyrrole nitrogens is 1. The van der Waals surface area contributed by atoms with Gasteiger partial charge in [-0.15, -0.1) is 5.10 Å². The lowest BCUT2D eigenvalue weighted by Gasteiger charge is -2.02. The van der Waals surface area contributed by atoms with Gasteiger partial charge < -0.3 is 4.42 Å². The highest BCUT2D eigenvalue weighted by molar-refractivity contribution is 7.99. The number of aromatic nitrogens is 3. The fourth-order valence-corrected chi connectivity index (χ4v) is 2.86. The minimum Gasteiger partial charge on any atom is -0.471 e. The third-order valence-electron chi connectivity index (χ3n) is 2.97. The molecule has 6 nitrogen and oxygen atoms in total. The van der Waals surface area contributed by atoms with E-state index in [-0.39, 0.29) is 12.2 Å². The summed E-state index contributed by atoms with van der Waals surface area (Å²) in [5.41, 5.74) is 0.638. The van der Waals surface area contributed by atoms with Crippen LogP contribution in [-0.2, 0) is 11.2 Å². The molecule has 1 N–H and O–H groups in total. The molecule has 116 valence electrons. The van der Waals surface area contributed by atoms with Crippen LogP contribution in [0.1, 0.15) is 16.2 Å². The molecule has 0 spiro atoms. The molecule has 2 heterocycles. The smallest absolute Gasteiger partial charge is 0.267 e. The molecule has 0 atom stereocenters. The van der Waals surface area contributed by atoms with Gasteiger partial charge in [0.25, 0.3) is 5.78 Å². The van der Waals surface area contributed by atoms with Crippen molar-refractivity contribution in [2.45, 2.75) is 16.2 Å². The Morgan fingerprint density at radius 3 is 2.70 bits per heavy atom. The Bertz CT molecular complexity index is 828. The number of ketones is 2. The minimum absolute atomic E-state index is 0.0696. The standard InChI is InChI=1S/C15H10ClN3O3S/c16-10-1-3-11(4-2-10)23-13-7-22-6-9(13)5-12(20)14(21)15-17-8-18-19-15/h1-4,6-8H,5H2,(H,17,18,19). The van der Waals surface area contributed by atoms with Gasteiger partial charge in [-0.3, -0.25) is 14.7 Å². The normalized spacial score (nSPS) is 10.7. The molecule has 3 aromatic rings. The zero-order chi connectivity index (χ0) is 16.2. The molecule has 23 heavy (non-hydrogen) atoms. The highest BCUT2D eigenvalue weighted by Crippen LogP contribution is 2.32. The molecular formula is C15H10ClN3O3S. The summed E-state index contributed by atoms with van der Waals surface area (Å²) in [6.45, 7) is 0. The third kappa shape index (κ3) is 3.69. The van der Waals surface area contributed by atoms with E-state index in [0.29, 0.717) is 10.6 Å². The van der Waals surface area contributed by atoms with Gasteiger partial charge in [-0.1, -0.05) is 23.4 Å². The fourth-order valence-electron chi connectivity index (χ4n) is 1.86. The topological polar surface area (TPSA) is 88.9 Å². The van der Waals surface area contributed by atoms with Crippen LogP contribution in [0.2, 0.25) is 5.02 Å². The monoisotopic (exact) mass is 347 g/mol. The molecule has 0 fully saturated rings. The Morgan fingerprint density at radius 1 is 1.22 bits per heavy atom. The zero-order valence-corrected chi connectivity index (χ0v) is 13.2. The maximum absolute atomic E-state index is 12.0. The summed E-state index contributed by atoms with van der Waals surface area (Å²) in [4.78, 5) is 29.3. The predicted molar refractivity (Wildman–Crippen MR) is 83.7 cm³/mol. The average molecular weight is 348 g/mol. The molecule has 0 aliphatic heterocycles. The van der Waals surface area contributed by atoms with Crippen molar-refractivity contribution in [3.8, 4) is 0 Å². The van der Waals surface area contributed by atoms with Crippen LogP contribution in [0.3, 0.4) is 0 Å². The number of aromatic amines is 1. The van der Waals surface area contributed by atoms with E-state index in [9.17, 15) is 9.59 Å². The molecule has 0 aliphatic carbocycles. The van der Waals surface area contributed by atoms with Crippen molar-refractivity contribution in [3.63, 3.8) is 0 Å². The number of nitrogens with zero attached hydrogens (tertiary/aromatic N) is 2. The SMILES string of the molecule is O=C(Cc1cocc1Sc1ccc(Cl)cc1)C(=O)c1nc[nH]n1. The van der Waals surface area contributed by atoms with Gasteiger partial charge >= 0.3 is 0 Å². The third-order valence-corrected chi connectivity index (χ3v) is 4.30. The molecule has 8 heteroatoms. The van der Waals surface area contributed by atoms with Crippen LogP contribution < -0.4 is 0 Å². The molecule has 0 radical (unpaired) electrons. The molecule has 0 unspecified atom stereocenters. The lowest BCUT2D eigenvalue weighted by atomic mass is 10.1. The Balaban J connectivity index is 1.72. The highest BCUT2D eigenvalue weighted by Gasteiger charge is 2.22. The van der Waals surface area contributed by atoms with Gasteiger partial charge in [0.05, 0.1) is 11.2 Å². The number of halogens is 1. The van der Waals surface area contributed by atoms with Crippen molar-refractivity contribution in [2.24, 2.45) is 0 Å². The number of furan rings is 1. The Kier molecular flexibility index (Phi) is 4.59. The highest BCUT2D eigenvalue weighted by atomic mass is 35.5. The van der Waals surface area contributed by atoms with Crippen LogP contribution in [-0.4, -0.2) is 26.7 Å². The van der Waals surface area contributed by atoms with E-state index in [0.717, 1.165) is 9.79 Å². The lowest BCUT2D eigenvalue weighted by Crippen LogP contribution is -2.18. The molecule has 0 bridgehead atoms. The molecule has 0 saturated heterocycles. The summed E-state index contributed by atoms with van der Waals surface area (Å²) in [6.07, 6.45) is 4.18. The molecule has 0 saturated carbocycles. The van der Waals surface area contributed by atoms with E-state index in [1.807, 2.05) is 12.1 Å². The van der Waals surface area contributed by atoms with Gasteiger partial charge in [-0.2, -0.15) is 0 Å². The van der Waals surface area contributed by atoms with Gasteiger partial charge in [0.1, 0.15) is 12.6 Å². The minimum atomic E-state index is -0.727. The number of hydrogen-bond acceptors (Lipinski definition) is 6. The fraction of sp³-hybridized carbons (Fsp3) is 0.0667. The summed E-state index contributed by atoms with van der Waals surface area (Å²) in [5, 5.41) is 6.67. The van der Waals surface area contributed by atoms with E-state index in [4.69, 9.17) is 16.0 Å². The van der Waals surface area contributed by atoms with Crippen molar-refractivity contribution < 1.29 is 14.0 Å². The predicted octanol–water partition coefficient (Wildman–Crippen LogP) is 3.20. The largest absolute Gasteiger partial charge is 0.471 e. The second kappa shape index (κ2) is 6.80. The Hall–Kier alpha value is -2.38.